The summed E-state index contributed by atoms with van der Waals surface area (Å²) in [7, 11) is -3.90. The Morgan fingerprint density at radius 3 is 2.00 bits per heavy atom. The first-order valence-electron chi connectivity index (χ1n) is 13.0. The van der Waals surface area contributed by atoms with Crippen LogP contribution in [0.1, 0.15) is 67.2 Å². The van der Waals surface area contributed by atoms with E-state index in [0.717, 1.165) is 25.7 Å². The van der Waals surface area contributed by atoms with E-state index in [4.69, 9.17) is 23.1 Å². The number of cyclic esters (lactones) is 1. The molecule has 3 heterocycles. The molecule has 196 valence electrons. The molecule has 0 aliphatic carbocycles. The van der Waals surface area contributed by atoms with Gasteiger partial charge in [0.05, 0.1) is 37.1 Å². The minimum Gasteiger partial charge on any atom is -0.452 e. The SMILES string of the molecule is CC(C)(C)[Si](C)(C)OC[C@@H](O[Si](C)(C)C(C)(C)C)[C@H]1CC[C@H]([C@H]2CC[C@@H]([C@H]3C=CC(=O)O3)O2)O1. The third kappa shape index (κ3) is 6.42. The molecule has 0 spiro atoms. The minimum atomic E-state index is -2.00. The molecule has 0 saturated carbocycles. The third-order valence-corrected chi connectivity index (χ3v) is 17.7. The first-order valence-corrected chi connectivity index (χ1v) is 18.8. The van der Waals surface area contributed by atoms with Gasteiger partial charge in [-0.25, -0.2) is 4.79 Å². The average molecular weight is 513 g/mol. The monoisotopic (exact) mass is 512 g/mol. The maximum absolute atomic E-state index is 11.4. The van der Waals surface area contributed by atoms with Crippen molar-refractivity contribution in [2.24, 2.45) is 0 Å². The Labute approximate surface area is 209 Å². The van der Waals surface area contributed by atoms with Crippen LogP contribution in [0, 0.1) is 0 Å². The van der Waals surface area contributed by atoms with Crippen LogP contribution in [0.4, 0.5) is 0 Å². The number of hydrogen-bond donors (Lipinski definition) is 0. The smallest absolute Gasteiger partial charge is 0.331 e. The summed E-state index contributed by atoms with van der Waals surface area (Å²) in [5.74, 6) is -0.276. The molecule has 3 aliphatic rings. The summed E-state index contributed by atoms with van der Waals surface area (Å²) in [6.45, 7) is 23.4. The van der Waals surface area contributed by atoms with E-state index < -0.39 is 16.6 Å². The lowest BCUT2D eigenvalue weighted by molar-refractivity contribution is -0.147. The molecule has 34 heavy (non-hydrogen) atoms. The summed E-state index contributed by atoms with van der Waals surface area (Å²) in [5, 5.41) is 0.271. The summed E-state index contributed by atoms with van der Waals surface area (Å²) in [6, 6.07) is 0. The standard InChI is InChI=1S/C26H48O6Si2/c1-25(2,3)33(7,8)28-17-23(32-34(9,10)26(4,5)6)22-14-13-19(30-22)18-11-12-20(29-18)21-15-16-24(27)31-21/h15-16,18-23H,11-14,17H2,1-10H3/t18-,19-,20+,21-,22-,23-/m1/s1. The van der Waals surface area contributed by atoms with E-state index in [1.165, 1.54) is 6.08 Å². The largest absolute Gasteiger partial charge is 0.452 e. The van der Waals surface area contributed by atoms with E-state index in [1.54, 1.807) is 0 Å². The number of esters is 1. The summed E-state index contributed by atoms with van der Waals surface area (Å²) < 4.78 is 31.9. The second-order valence-electron chi connectivity index (χ2n) is 13.3. The van der Waals surface area contributed by atoms with Crippen LogP contribution in [0.15, 0.2) is 12.2 Å². The van der Waals surface area contributed by atoms with E-state index in [-0.39, 0.29) is 52.7 Å². The predicted molar refractivity (Wildman–Crippen MR) is 140 cm³/mol. The lowest BCUT2D eigenvalue weighted by Gasteiger charge is -2.43. The van der Waals surface area contributed by atoms with Gasteiger partial charge < -0.3 is 23.1 Å². The zero-order valence-corrected chi connectivity index (χ0v) is 25.1. The van der Waals surface area contributed by atoms with E-state index >= 15 is 0 Å². The first-order chi connectivity index (χ1) is 15.5. The van der Waals surface area contributed by atoms with Gasteiger partial charge in [-0.15, -0.1) is 0 Å². The number of rotatable bonds is 8. The number of hydrogen-bond acceptors (Lipinski definition) is 6. The molecule has 6 nitrogen and oxygen atoms in total. The number of ether oxygens (including phenoxy) is 3. The normalized spacial score (nSPS) is 31.8. The van der Waals surface area contributed by atoms with Crippen LogP contribution in [0.25, 0.3) is 0 Å². The molecule has 0 amide bonds. The average Bonchev–Trinajstić information content (AvgIpc) is 3.42. The molecule has 0 aromatic heterocycles. The van der Waals surface area contributed by atoms with Crippen molar-refractivity contribution in [1.29, 1.82) is 0 Å². The fourth-order valence-corrected chi connectivity index (χ4v) is 6.65. The summed E-state index contributed by atoms with van der Waals surface area (Å²) in [5.41, 5.74) is 0. The van der Waals surface area contributed by atoms with Gasteiger partial charge in [-0.2, -0.15) is 0 Å². The molecule has 0 N–H and O–H groups in total. The van der Waals surface area contributed by atoms with Crippen molar-refractivity contribution in [3.63, 3.8) is 0 Å². The Bertz CT molecular complexity index is 751. The fraction of sp³-hybridized carbons (Fsp3) is 0.885. The molecule has 2 fully saturated rings. The van der Waals surface area contributed by atoms with E-state index in [1.807, 2.05) is 6.08 Å². The van der Waals surface area contributed by atoms with E-state index in [2.05, 4.69) is 67.7 Å². The Morgan fingerprint density at radius 2 is 1.44 bits per heavy atom. The lowest BCUT2D eigenvalue weighted by Crippen LogP contribution is -2.51. The van der Waals surface area contributed by atoms with Crippen LogP contribution < -0.4 is 0 Å². The predicted octanol–water partition coefficient (Wildman–Crippen LogP) is 5.98. The Hall–Kier alpha value is -0.516. The highest BCUT2D eigenvalue weighted by Gasteiger charge is 2.47. The number of carbonyl (C=O) groups is 1. The van der Waals surface area contributed by atoms with Gasteiger partial charge in [-0.3, -0.25) is 0 Å². The van der Waals surface area contributed by atoms with Crippen molar-refractivity contribution in [2.45, 2.75) is 140 Å². The quantitative estimate of drug-likeness (QED) is 0.295. The van der Waals surface area contributed by atoms with Crippen molar-refractivity contribution in [2.75, 3.05) is 6.61 Å². The third-order valence-electron chi connectivity index (χ3n) is 8.71. The maximum atomic E-state index is 11.4. The van der Waals surface area contributed by atoms with Crippen molar-refractivity contribution in [3.8, 4) is 0 Å². The van der Waals surface area contributed by atoms with Gasteiger partial charge in [0.25, 0.3) is 0 Å². The van der Waals surface area contributed by atoms with Crippen molar-refractivity contribution < 1.29 is 27.9 Å². The zero-order chi connectivity index (χ0) is 25.5. The van der Waals surface area contributed by atoms with Gasteiger partial charge in [0.1, 0.15) is 6.10 Å². The maximum Gasteiger partial charge on any atom is 0.331 e. The molecular weight excluding hydrogens is 464 g/mol. The Kier molecular flexibility index (Phi) is 8.33. The lowest BCUT2D eigenvalue weighted by atomic mass is 10.0. The molecule has 0 unspecified atom stereocenters. The topological polar surface area (TPSA) is 63.2 Å². The minimum absolute atomic E-state index is 0.00995. The van der Waals surface area contributed by atoms with Crippen LogP contribution in [0.2, 0.25) is 36.3 Å². The van der Waals surface area contributed by atoms with Gasteiger partial charge >= 0.3 is 5.97 Å². The van der Waals surface area contributed by atoms with Gasteiger partial charge in [0.15, 0.2) is 16.6 Å². The molecule has 6 atom stereocenters. The second kappa shape index (κ2) is 10.1. The highest BCUT2D eigenvalue weighted by atomic mass is 28.4. The van der Waals surface area contributed by atoms with Crippen molar-refractivity contribution in [3.05, 3.63) is 12.2 Å². The highest BCUT2D eigenvalue weighted by Crippen LogP contribution is 2.41. The molecule has 0 aromatic carbocycles. The van der Waals surface area contributed by atoms with Crippen molar-refractivity contribution >= 4 is 22.6 Å². The van der Waals surface area contributed by atoms with Gasteiger partial charge in [0, 0.05) is 6.08 Å². The molecule has 0 radical (unpaired) electrons. The van der Waals surface area contributed by atoms with Gasteiger partial charge in [-0.1, -0.05) is 41.5 Å². The van der Waals surface area contributed by atoms with Crippen LogP contribution >= 0.6 is 0 Å². The Morgan fingerprint density at radius 1 is 0.882 bits per heavy atom. The first kappa shape index (κ1) is 28.1. The van der Waals surface area contributed by atoms with Gasteiger partial charge in [0.2, 0.25) is 0 Å². The van der Waals surface area contributed by atoms with Crippen LogP contribution in [0.3, 0.4) is 0 Å². The highest BCUT2D eigenvalue weighted by molar-refractivity contribution is 6.74. The summed E-state index contributed by atoms with van der Waals surface area (Å²) in [6.07, 6.45) is 6.73. The summed E-state index contributed by atoms with van der Waals surface area (Å²) in [4.78, 5) is 11.4. The zero-order valence-electron chi connectivity index (χ0n) is 23.1. The van der Waals surface area contributed by atoms with Crippen molar-refractivity contribution in [1.82, 2.24) is 0 Å². The van der Waals surface area contributed by atoms with E-state index in [9.17, 15) is 4.79 Å². The Balaban J connectivity index is 1.65. The van der Waals surface area contributed by atoms with Crippen LogP contribution in [-0.2, 0) is 27.9 Å². The fourth-order valence-electron chi connectivity index (χ4n) is 4.31. The van der Waals surface area contributed by atoms with Crippen LogP contribution in [-0.4, -0.2) is 65.8 Å². The molecule has 2 saturated heterocycles. The number of carbonyl (C=O) groups excluding carboxylic acids is 1. The molecule has 0 aromatic rings. The molecule has 3 aliphatic heterocycles. The van der Waals surface area contributed by atoms with Gasteiger partial charge in [-0.05, 0) is 68.0 Å². The van der Waals surface area contributed by atoms with Crippen LogP contribution in [0.5, 0.6) is 0 Å². The molecular formula is C26H48O6Si2. The molecule has 8 heteroatoms. The molecule has 3 rings (SSSR count). The second-order valence-corrected chi connectivity index (χ2v) is 22.9. The molecule has 0 bridgehead atoms. The summed E-state index contributed by atoms with van der Waals surface area (Å²) >= 11 is 0. The van der Waals surface area contributed by atoms with E-state index in [0.29, 0.717) is 6.61 Å².